The number of rotatable bonds is 10. The molecule has 1 aromatic carbocycles. The highest BCUT2D eigenvalue weighted by molar-refractivity contribution is 6.57. The van der Waals surface area contributed by atoms with Gasteiger partial charge in [-0.2, -0.15) is 0 Å². The van der Waals surface area contributed by atoms with E-state index in [0.29, 0.717) is 74.5 Å². The Morgan fingerprint density at radius 2 is 0.755 bits per heavy atom. The van der Waals surface area contributed by atoms with Crippen LogP contribution in [0.4, 0.5) is 0 Å². The second-order valence-corrected chi connectivity index (χ2v) is 23.6. The Kier molecular flexibility index (Phi) is 8.74. The summed E-state index contributed by atoms with van der Waals surface area (Å²) in [5.74, 6) is 13.2. The molecule has 0 aliphatic heterocycles. The lowest BCUT2D eigenvalue weighted by atomic mass is 9.38. The number of hydrogen-bond donors (Lipinski definition) is 0. The summed E-state index contributed by atoms with van der Waals surface area (Å²) in [6.07, 6.45) is 12.5. The number of hydrogen-bond acceptors (Lipinski definition) is 3. The second kappa shape index (κ2) is 12.5. The van der Waals surface area contributed by atoms with Crippen LogP contribution in [-0.4, -0.2) is 13.8 Å². The van der Waals surface area contributed by atoms with Crippen molar-refractivity contribution in [2.75, 3.05) is 0 Å². The molecule has 0 unspecified atom stereocenters. The maximum absolute atomic E-state index is 7.72. The third kappa shape index (κ3) is 6.10. The quantitative estimate of drug-likeness (QED) is 0.178. The Morgan fingerprint density at radius 1 is 0.472 bits per heavy atom. The highest BCUT2D eigenvalue weighted by Crippen LogP contribution is 2.74. The Hall–Kier alpha value is -1.51. The van der Waals surface area contributed by atoms with Gasteiger partial charge in [0.2, 0.25) is 0 Å². The van der Waals surface area contributed by atoms with E-state index in [1.807, 2.05) is 6.26 Å². The summed E-state index contributed by atoms with van der Waals surface area (Å²) >= 11 is 0. The van der Waals surface area contributed by atoms with E-state index in [2.05, 4.69) is 113 Å². The van der Waals surface area contributed by atoms with Crippen LogP contribution in [0.2, 0.25) is 23.3 Å². The molecule has 290 valence electrons. The molecule has 0 heterocycles. The average molecular weight is 721 g/mol. The molecule has 5 heteroatoms. The molecular weight excluding hydrogens is 646 g/mol. The van der Waals surface area contributed by atoms with Gasteiger partial charge in [-0.25, -0.2) is 0 Å². The van der Waals surface area contributed by atoms with Gasteiger partial charge in [-0.15, -0.1) is 0 Å². The molecule has 0 bridgehead atoms. The first-order chi connectivity index (χ1) is 24.9. The van der Waals surface area contributed by atoms with Crippen LogP contribution in [0, 0.1) is 92.7 Å². The Labute approximate surface area is 325 Å². The van der Waals surface area contributed by atoms with Crippen LogP contribution in [-0.2, 0) is 9.31 Å². The molecular formula is C48H74B2O3. The van der Waals surface area contributed by atoms with Crippen molar-refractivity contribution in [3.63, 3.8) is 0 Å². The molecule has 0 spiro atoms. The van der Waals surface area contributed by atoms with E-state index in [1.165, 1.54) is 51.4 Å². The number of para-hydroxylation sites is 1. The van der Waals surface area contributed by atoms with E-state index in [-0.39, 0.29) is 13.8 Å². The molecule has 0 saturated heterocycles. The Balaban J connectivity index is 1.07. The minimum Gasteiger partial charge on any atom is -0.534 e. The molecule has 16 atom stereocenters. The van der Waals surface area contributed by atoms with Crippen LogP contribution in [0.3, 0.4) is 0 Å². The fourth-order valence-corrected chi connectivity index (χ4v) is 15.4. The molecule has 3 nitrogen and oxygen atoms in total. The van der Waals surface area contributed by atoms with Gasteiger partial charge in [0.1, 0.15) is 5.75 Å². The molecule has 1 aromatic rings. The number of fused-ring (bicyclic) bond motifs is 4. The van der Waals surface area contributed by atoms with Crippen molar-refractivity contribution in [1.29, 1.82) is 0 Å². The van der Waals surface area contributed by atoms with Gasteiger partial charge >= 0.3 is 13.8 Å². The van der Waals surface area contributed by atoms with Crippen molar-refractivity contribution in [2.45, 2.75) is 158 Å². The lowest BCUT2D eigenvalue weighted by Gasteiger charge is -2.43. The third-order valence-electron chi connectivity index (χ3n) is 19.9. The topological polar surface area (TPSA) is 27.7 Å². The predicted octanol–water partition coefficient (Wildman–Crippen LogP) is 13.2. The molecule has 8 aliphatic carbocycles. The Morgan fingerprint density at radius 3 is 1.06 bits per heavy atom. The lowest BCUT2D eigenvalue weighted by Crippen LogP contribution is -2.43. The van der Waals surface area contributed by atoms with Crippen molar-refractivity contribution in [1.82, 2.24) is 0 Å². The van der Waals surface area contributed by atoms with Crippen molar-refractivity contribution in [2.24, 2.45) is 92.7 Å². The minimum atomic E-state index is 0.159. The zero-order valence-corrected chi connectivity index (χ0v) is 35.7. The SMILES string of the molecule is C[C@@H]1C[C@H]2[C@@H](C[C@H]1B(OC(=COc1ccccc1)OB([C@@H]1C[C@@H]3[C@H](C[C@H]1C)C3(C)C)[C@@H]1C[C@@H]3[C@H](C[C@H]1C)C3(C)C)[C@@H]1C[C@@H]3[C@H](C[C@H]1C)C3(C)C)C2(C)C. The van der Waals surface area contributed by atoms with Crippen LogP contribution < -0.4 is 4.74 Å². The van der Waals surface area contributed by atoms with Gasteiger partial charge < -0.3 is 14.0 Å². The summed E-state index contributed by atoms with van der Waals surface area (Å²) in [6, 6.07) is 10.3. The van der Waals surface area contributed by atoms with Gasteiger partial charge in [0.25, 0.3) is 5.95 Å². The van der Waals surface area contributed by atoms with Gasteiger partial charge in [0.05, 0.1) is 0 Å². The molecule has 8 aliphatic rings. The van der Waals surface area contributed by atoms with Crippen molar-refractivity contribution in [3.8, 4) is 5.75 Å². The standard InChI is InChI=1S/C48H74B2O3/c1-27-18-32-36(45(32,5)6)22-40(27)49(41-23-37-33(19-28(41)2)46(37,7)8)52-44(26-51-31-16-14-13-15-17-31)53-50(42-24-38-34(20-29(42)3)47(38,9)10)43-25-39-35(21-30(43)4)48(39,11)12/h13-17,26-30,32-43H,18-25H2,1-12H3/t27-,28-,29-,30-,32+,33+,34+,35+,36-,37-,38-,39-,40-,41-,42-,43-/m1/s1. The van der Waals surface area contributed by atoms with Gasteiger partial charge in [0.15, 0.2) is 6.26 Å². The summed E-state index contributed by atoms with van der Waals surface area (Å²) < 4.78 is 22.0. The molecule has 53 heavy (non-hydrogen) atoms. The van der Waals surface area contributed by atoms with Crippen LogP contribution in [0.15, 0.2) is 42.5 Å². The number of benzene rings is 1. The lowest BCUT2D eigenvalue weighted by molar-refractivity contribution is 0.167. The van der Waals surface area contributed by atoms with Crippen LogP contribution in [0.25, 0.3) is 0 Å². The van der Waals surface area contributed by atoms with Crippen LogP contribution >= 0.6 is 0 Å². The van der Waals surface area contributed by atoms with Gasteiger partial charge in [-0.3, -0.25) is 0 Å². The maximum atomic E-state index is 7.72. The molecule has 0 aromatic heterocycles. The van der Waals surface area contributed by atoms with E-state index in [0.717, 1.165) is 53.1 Å². The minimum absolute atomic E-state index is 0.159. The first-order valence-corrected chi connectivity index (χ1v) is 22.7. The van der Waals surface area contributed by atoms with Gasteiger partial charge in [-0.1, -0.05) is 101 Å². The predicted molar refractivity (Wildman–Crippen MR) is 220 cm³/mol. The van der Waals surface area contributed by atoms with E-state index in [4.69, 9.17) is 14.0 Å². The molecule has 0 radical (unpaired) electrons. The molecule has 8 fully saturated rings. The van der Waals surface area contributed by atoms with E-state index < -0.39 is 0 Å². The molecule has 0 N–H and O–H groups in total. The van der Waals surface area contributed by atoms with Crippen molar-refractivity contribution >= 4 is 13.8 Å². The summed E-state index contributed by atoms with van der Waals surface area (Å²) in [7, 11) is 0. The summed E-state index contributed by atoms with van der Waals surface area (Å²) in [5, 5.41) is 0. The smallest absolute Gasteiger partial charge is 0.368 e. The zero-order chi connectivity index (χ0) is 37.6. The normalized spacial score (nSPS) is 46.9. The first-order valence-electron chi connectivity index (χ1n) is 22.7. The molecule has 9 rings (SSSR count). The average Bonchev–Trinajstić information content (AvgIpc) is 4.05. The van der Waals surface area contributed by atoms with E-state index >= 15 is 0 Å². The zero-order valence-electron chi connectivity index (χ0n) is 35.7. The summed E-state index contributed by atoms with van der Waals surface area (Å²) in [6.45, 7) is 30.9. The van der Waals surface area contributed by atoms with Gasteiger partial charge in [-0.05, 0) is 179 Å². The monoisotopic (exact) mass is 721 g/mol. The maximum Gasteiger partial charge on any atom is 0.368 e. The second-order valence-electron chi connectivity index (χ2n) is 23.6. The van der Waals surface area contributed by atoms with Crippen molar-refractivity contribution in [3.05, 3.63) is 42.5 Å². The van der Waals surface area contributed by atoms with Crippen molar-refractivity contribution < 1.29 is 14.0 Å². The van der Waals surface area contributed by atoms with E-state index in [9.17, 15) is 0 Å². The van der Waals surface area contributed by atoms with E-state index in [1.54, 1.807) is 0 Å². The fraction of sp³-hybridized carbons (Fsp3) is 0.833. The third-order valence-corrected chi connectivity index (χ3v) is 19.9. The fourth-order valence-electron chi connectivity index (χ4n) is 15.4. The van der Waals surface area contributed by atoms with Gasteiger partial charge in [0, 0.05) is 0 Å². The van der Waals surface area contributed by atoms with Crippen LogP contribution in [0.5, 0.6) is 5.75 Å². The van der Waals surface area contributed by atoms with Crippen LogP contribution in [0.1, 0.15) is 134 Å². The molecule has 0 amide bonds. The highest BCUT2D eigenvalue weighted by atomic mass is 16.6. The summed E-state index contributed by atoms with van der Waals surface area (Å²) in [5.41, 5.74) is 1.90. The highest BCUT2D eigenvalue weighted by Gasteiger charge is 2.68. The Bertz CT molecular complexity index is 1390. The summed E-state index contributed by atoms with van der Waals surface area (Å²) in [4.78, 5) is 0. The molecule has 8 saturated carbocycles. The first kappa shape index (κ1) is 37.1. The number of ether oxygens (including phenoxy) is 1. The largest absolute Gasteiger partial charge is 0.534 e.